The van der Waals surface area contributed by atoms with Crippen LogP contribution in [0.25, 0.3) is 0 Å². The van der Waals surface area contributed by atoms with Crippen LogP contribution in [0.1, 0.15) is 22.4 Å². The van der Waals surface area contributed by atoms with E-state index in [1.54, 1.807) is 12.4 Å². The number of pyridine rings is 1. The molecule has 0 aliphatic carbocycles. The van der Waals surface area contributed by atoms with Crippen molar-refractivity contribution in [3.8, 4) is 5.75 Å². The van der Waals surface area contributed by atoms with Gasteiger partial charge in [0, 0.05) is 42.9 Å². The van der Waals surface area contributed by atoms with E-state index in [0.717, 1.165) is 29.7 Å². The number of aryl methyl sites for hydroxylation is 2. The third-order valence-electron chi connectivity index (χ3n) is 5.11. The summed E-state index contributed by atoms with van der Waals surface area (Å²) in [6.45, 7) is 3.40. The SMILES string of the molecule is O=c1cc(OCc2ccc(Br)cn2)cnn1CCc1ccc2c(c1)CN(CCO)C2. The molecule has 1 aliphatic heterocycles. The van der Waals surface area contributed by atoms with Crippen LogP contribution in [-0.4, -0.2) is 37.9 Å². The summed E-state index contributed by atoms with van der Waals surface area (Å²) < 4.78 is 7.99. The van der Waals surface area contributed by atoms with Crippen molar-refractivity contribution in [2.75, 3.05) is 13.2 Å². The zero-order valence-electron chi connectivity index (χ0n) is 16.5. The summed E-state index contributed by atoms with van der Waals surface area (Å²) in [4.78, 5) is 18.9. The molecule has 2 aromatic heterocycles. The second-order valence-electron chi connectivity index (χ2n) is 7.30. The lowest BCUT2D eigenvalue weighted by Crippen LogP contribution is -2.23. The molecule has 0 fully saturated rings. The summed E-state index contributed by atoms with van der Waals surface area (Å²) in [5.74, 6) is 0.433. The smallest absolute Gasteiger partial charge is 0.270 e. The maximum atomic E-state index is 12.4. The van der Waals surface area contributed by atoms with Gasteiger partial charge in [0.2, 0.25) is 0 Å². The van der Waals surface area contributed by atoms with E-state index in [1.165, 1.54) is 27.4 Å². The number of aliphatic hydroxyl groups is 1. The summed E-state index contributed by atoms with van der Waals surface area (Å²) in [7, 11) is 0. The van der Waals surface area contributed by atoms with E-state index in [2.05, 4.69) is 49.1 Å². The van der Waals surface area contributed by atoms with Gasteiger partial charge in [0.05, 0.1) is 18.5 Å². The minimum Gasteiger partial charge on any atom is -0.485 e. The number of rotatable bonds is 8. The molecule has 0 spiro atoms. The van der Waals surface area contributed by atoms with Crippen molar-refractivity contribution in [2.45, 2.75) is 32.7 Å². The summed E-state index contributed by atoms with van der Waals surface area (Å²) in [6, 6.07) is 11.7. The van der Waals surface area contributed by atoms with E-state index in [4.69, 9.17) is 9.84 Å². The number of hydrogen-bond donors (Lipinski definition) is 1. The van der Waals surface area contributed by atoms with Crippen LogP contribution in [0.5, 0.6) is 5.75 Å². The number of ether oxygens (including phenoxy) is 1. The van der Waals surface area contributed by atoms with Crippen molar-refractivity contribution in [1.29, 1.82) is 0 Å². The van der Waals surface area contributed by atoms with Crippen LogP contribution in [0.2, 0.25) is 0 Å². The van der Waals surface area contributed by atoms with Crippen LogP contribution >= 0.6 is 15.9 Å². The Morgan fingerprint density at radius 3 is 2.70 bits per heavy atom. The predicted molar refractivity (Wildman–Crippen MR) is 116 cm³/mol. The van der Waals surface area contributed by atoms with Crippen molar-refractivity contribution in [3.05, 3.63) is 86.0 Å². The van der Waals surface area contributed by atoms with E-state index in [-0.39, 0.29) is 18.8 Å². The van der Waals surface area contributed by atoms with Crippen molar-refractivity contribution >= 4 is 15.9 Å². The standard InChI is InChI=1S/C22H23BrN4O3/c23-19-3-4-20(24-11-19)15-30-21-10-22(29)27(25-12-21)6-5-16-1-2-17-13-26(7-8-28)14-18(17)9-16/h1-4,9-12,28H,5-8,13-15H2. The number of aromatic nitrogens is 3. The van der Waals surface area contributed by atoms with Gasteiger partial charge in [-0.1, -0.05) is 18.2 Å². The summed E-state index contributed by atoms with van der Waals surface area (Å²) in [5, 5.41) is 13.4. The van der Waals surface area contributed by atoms with Crippen LogP contribution in [0.4, 0.5) is 0 Å². The molecular weight excluding hydrogens is 448 g/mol. The van der Waals surface area contributed by atoms with Crippen molar-refractivity contribution in [1.82, 2.24) is 19.7 Å². The highest BCUT2D eigenvalue weighted by molar-refractivity contribution is 9.10. The molecular formula is C22H23BrN4O3. The Labute approximate surface area is 183 Å². The maximum absolute atomic E-state index is 12.4. The van der Waals surface area contributed by atoms with E-state index < -0.39 is 0 Å². The molecule has 1 aromatic carbocycles. The predicted octanol–water partition coefficient (Wildman–Crippen LogP) is 2.53. The van der Waals surface area contributed by atoms with Gasteiger partial charge in [0.25, 0.3) is 5.56 Å². The number of halogens is 1. The Morgan fingerprint density at radius 1 is 1.07 bits per heavy atom. The third-order valence-corrected chi connectivity index (χ3v) is 5.58. The van der Waals surface area contributed by atoms with Gasteiger partial charge in [-0.05, 0) is 51.2 Å². The Morgan fingerprint density at radius 2 is 1.93 bits per heavy atom. The molecule has 3 aromatic rings. The summed E-state index contributed by atoms with van der Waals surface area (Å²) in [5.41, 5.74) is 4.37. The highest BCUT2D eigenvalue weighted by atomic mass is 79.9. The Bertz CT molecular complexity index is 1070. The molecule has 0 radical (unpaired) electrons. The van der Waals surface area contributed by atoms with Gasteiger partial charge in [-0.2, -0.15) is 5.10 Å². The topological polar surface area (TPSA) is 80.5 Å². The monoisotopic (exact) mass is 470 g/mol. The molecule has 0 saturated carbocycles. The van der Waals surface area contributed by atoms with E-state index in [0.29, 0.717) is 18.8 Å². The number of fused-ring (bicyclic) bond motifs is 1. The van der Waals surface area contributed by atoms with Gasteiger partial charge >= 0.3 is 0 Å². The van der Waals surface area contributed by atoms with Crippen molar-refractivity contribution < 1.29 is 9.84 Å². The lowest BCUT2D eigenvalue weighted by atomic mass is 10.0. The van der Waals surface area contributed by atoms with Crippen molar-refractivity contribution in [2.24, 2.45) is 0 Å². The molecule has 1 N–H and O–H groups in total. The molecule has 0 bridgehead atoms. The second kappa shape index (κ2) is 9.51. The van der Waals surface area contributed by atoms with Gasteiger partial charge in [0.1, 0.15) is 12.4 Å². The number of β-amino-alcohol motifs (C(OH)–C–C–N with tert-alkyl or cyclic N) is 1. The number of benzene rings is 1. The molecule has 0 saturated heterocycles. The first kappa shape index (κ1) is 20.7. The van der Waals surface area contributed by atoms with Gasteiger partial charge in [-0.3, -0.25) is 14.7 Å². The second-order valence-corrected chi connectivity index (χ2v) is 8.21. The molecule has 0 unspecified atom stereocenters. The van der Waals surface area contributed by atoms with Gasteiger partial charge < -0.3 is 9.84 Å². The number of aliphatic hydroxyl groups excluding tert-OH is 1. The largest absolute Gasteiger partial charge is 0.485 e. The molecule has 0 amide bonds. The Kier molecular flexibility index (Phi) is 6.56. The van der Waals surface area contributed by atoms with Gasteiger partial charge in [-0.15, -0.1) is 0 Å². The van der Waals surface area contributed by atoms with E-state index in [1.807, 2.05) is 12.1 Å². The fraction of sp³-hybridized carbons (Fsp3) is 0.318. The quantitative estimate of drug-likeness (QED) is 0.544. The average Bonchev–Trinajstić information content (AvgIpc) is 3.14. The van der Waals surface area contributed by atoms with Gasteiger partial charge in [0.15, 0.2) is 0 Å². The maximum Gasteiger partial charge on any atom is 0.270 e. The Hall–Kier alpha value is -2.55. The molecule has 3 heterocycles. The molecule has 8 heteroatoms. The summed E-state index contributed by atoms with van der Waals surface area (Å²) >= 11 is 3.35. The van der Waals surface area contributed by atoms with Crippen LogP contribution in [0.15, 0.2) is 58.1 Å². The highest BCUT2D eigenvalue weighted by Gasteiger charge is 2.18. The molecule has 7 nitrogen and oxygen atoms in total. The third kappa shape index (κ3) is 5.13. The molecule has 4 rings (SSSR count). The minimum atomic E-state index is -0.188. The van der Waals surface area contributed by atoms with Crippen LogP contribution in [-0.2, 0) is 32.7 Å². The first-order valence-electron chi connectivity index (χ1n) is 9.85. The molecule has 30 heavy (non-hydrogen) atoms. The van der Waals surface area contributed by atoms with E-state index in [9.17, 15) is 4.79 Å². The summed E-state index contributed by atoms with van der Waals surface area (Å²) in [6.07, 6.45) is 4.00. The van der Waals surface area contributed by atoms with Crippen LogP contribution < -0.4 is 10.3 Å². The highest BCUT2D eigenvalue weighted by Crippen LogP contribution is 2.23. The van der Waals surface area contributed by atoms with Crippen LogP contribution in [0.3, 0.4) is 0 Å². The average molecular weight is 471 g/mol. The fourth-order valence-corrected chi connectivity index (χ4v) is 3.76. The van der Waals surface area contributed by atoms with Gasteiger partial charge in [-0.25, -0.2) is 4.68 Å². The number of hydrogen-bond acceptors (Lipinski definition) is 6. The number of nitrogens with zero attached hydrogens (tertiary/aromatic N) is 4. The zero-order chi connectivity index (χ0) is 20.9. The molecule has 0 atom stereocenters. The lowest BCUT2D eigenvalue weighted by molar-refractivity contribution is 0.198. The molecule has 156 valence electrons. The Balaban J connectivity index is 1.34. The normalized spacial score (nSPS) is 13.4. The minimum absolute atomic E-state index is 0.175. The first-order chi connectivity index (χ1) is 14.6. The van der Waals surface area contributed by atoms with Crippen LogP contribution in [0, 0.1) is 0 Å². The van der Waals surface area contributed by atoms with E-state index >= 15 is 0 Å². The zero-order valence-corrected chi connectivity index (χ0v) is 18.1. The fourth-order valence-electron chi connectivity index (χ4n) is 3.52. The lowest BCUT2D eigenvalue weighted by Gasteiger charge is -2.11. The van der Waals surface area contributed by atoms with Crippen molar-refractivity contribution in [3.63, 3.8) is 0 Å². The molecule has 1 aliphatic rings. The first-order valence-corrected chi connectivity index (χ1v) is 10.6.